The minimum atomic E-state index is -0.405. The van der Waals surface area contributed by atoms with Crippen molar-refractivity contribution in [3.8, 4) is 17.6 Å². The average Bonchev–Trinajstić information content (AvgIpc) is 2.71. The molecule has 0 aliphatic carbocycles. The van der Waals surface area contributed by atoms with Gasteiger partial charge in [0.1, 0.15) is 11.6 Å². The van der Waals surface area contributed by atoms with E-state index in [-0.39, 0.29) is 23.7 Å². The lowest BCUT2D eigenvalue weighted by molar-refractivity contribution is -0.134. The molecule has 1 fully saturated rings. The Morgan fingerprint density at radius 2 is 2.07 bits per heavy atom. The summed E-state index contributed by atoms with van der Waals surface area (Å²) in [6.45, 7) is 1.83. The summed E-state index contributed by atoms with van der Waals surface area (Å²) in [6, 6.07) is 6.77. The predicted molar refractivity (Wildman–Crippen MR) is 99.6 cm³/mol. The van der Waals surface area contributed by atoms with Crippen LogP contribution in [0.1, 0.15) is 18.4 Å². The average molecular weight is 393 g/mol. The molecule has 1 aliphatic heterocycles. The van der Waals surface area contributed by atoms with Gasteiger partial charge >= 0.3 is 5.97 Å². The summed E-state index contributed by atoms with van der Waals surface area (Å²) in [5.41, 5.74) is 0.608. The van der Waals surface area contributed by atoms with Crippen molar-refractivity contribution in [2.75, 3.05) is 39.3 Å². The topological polar surface area (TPSA) is 88.9 Å². The molecule has 0 aromatic heterocycles. The smallest absolute Gasteiger partial charge is 0.311 e. The molecule has 0 spiro atoms. The number of rotatable bonds is 7. The number of methoxy groups -OCH3 is 1. The molecule has 1 amide bonds. The van der Waals surface area contributed by atoms with Crippen molar-refractivity contribution in [1.82, 2.24) is 4.90 Å². The molecule has 144 valence electrons. The van der Waals surface area contributed by atoms with E-state index in [9.17, 15) is 14.9 Å². The van der Waals surface area contributed by atoms with Crippen LogP contribution in [0.2, 0.25) is 0 Å². The van der Waals surface area contributed by atoms with Gasteiger partial charge in [-0.3, -0.25) is 9.59 Å². The number of carbonyl (C=O) groups excluding carboxylic acids is 2. The van der Waals surface area contributed by atoms with Gasteiger partial charge in [0.25, 0.3) is 5.91 Å². The summed E-state index contributed by atoms with van der Waals surface area (Å²) >= 11 is 5.57. The van der Waals surface area contributed by atoms with E-state index in [1.807, 2.05) is 6.07 Å². The predicted octanol–water partition coefficient (Wildman–Crippen LogP) is 2.39. The van der Waals surface area contributed by atoms with Crippen LogP contribution in [0.25, 0.3) is 6.08 Å². The molecule has 0 radical (unpaired) electrons. The maximum Gasteiger partial charge on any atom is 0.311 e. The maximum absolute atomic E-state index is 12.5. The zero-order chi connectivity index (χ0) is 19.6. The van der Waals surface area contributed by atoms with E-state index in [2.05, 4.69) is 0 Å². The van der Waals surface area contributed by atoms with E-state index in [1.165, 1.54) is 13.2 Å². The highest BCUT2D eigenvalue weighted by molar-refractivity contribution is 6.17. The lowest BCUT2D eigenvalue weighted by Gasteiger charge is -2.26. The molecule has 7 nitrogen and oxygen atoms in total. The molecule has 0 bridgehead atoms. The first-order valence-corrected chi connectivity index (χ1v) is 9.06. The molecule has 0 N–H and O–H groups in total. The lowest BCUT2D eigenvalue weighted by atomic mass is 10.1. The van der Waals surface area contributed by atoms with Gasteiger partial charge in [0.2, 0.25) is 0 Å². The second kappa shape index (κ2) is 10.6. The zero-order valence-corrected chi connectivity index (χ0v) is 15.8. The van der Waals surface area contributed by atoms with Gasteiger partial charge in [-0.05, 0) is 30.2 Å². The summed E-state index contributed by atoms with van der Waals surface area (Å²) in [4.78, 5) is 25.8. The number of benzene rings is 1. The highest BCUT2D eigenvalue weighted by atomic mass is 35.5. The van der Waals surface area contributed by atoms with Gasteiger partial charge in [-0.25, -0.2) is 0 Å². The Kier molecular flexibility index (Phi) is 8.11. The molecule has 8 heteroatoms. The van der Waals surface area contributed by atoms with Crippen molar-refractivity contribution < 1.29 is 23.8 Å². The third-order valence-corrected chi connectivity index (χ3v) is 4.15. The molecular formula is C19H21ClN2O5. The van der Waals surface area contributed by atoms with Gasteiger partial charge in [0, 0.05) is 25.4 Å². The fraction of sp³-hybridized carbons (Fsp3) is 0.421. The molecule has 1 aromatic carbocycles. The van der Waals surface area contributed by atoms with Gasteiger partial charge in [-0.15, -0.1) is 11.6 Å². The van der Waals surface area contributed by atoms with Crippen LogP contribution in [0.4, 0.5) is 0 Å². The summed E-state index contributed by atoms with van der Waals surface area (Å²) in [7, 11) is 1.45. The standard InChI is InChI=1S/C19H21ClN2O5/c1-25-17-12-14(4-5-16(17)27-18(23)3-2-6-20)11-15(13-21)19(24)22-7-9-26-10-8-22/h4-5,11-12H,2-3,6-10H2,1H3/b15-11+. The lowest BCUT2D eigenvalue weighted by Crippen LogP contribution is -2.41. The van der Waals surface area contributed by atoms with Crippen LogP contribution in [0.5, 0.6) is 11.5 Å². The molecule has 27 heavy (non-hydrogen) atoms. The first-order chi connectivity index (χ1) is 13.1. The van der Waals surface area contributed by atoms with E-state index in [0.717, 1.165) is 0 Å². The van der Waals surface area contributed by atoms with Gasteiger partial charge in [-0.1, -0.05) is 6.07 Å². The van der Waals surface area contributed by atoms with Crippen LogP contribution >= 0.6 is 11.6 Å². The second-order valence-corrected chi connectivity index (χ2v) is 6.13. The Labute approximate surface area is 163 Å². The van der Waals surface area contributed by atoms with E-state index in [4.69, 9.17) is 25.8 Å². The number of hydrogen-bond donors (Lipinski definition) is 0. The molecular weight excluding hydrogens is 372 g/mol. The number of nitriles is 1. The third kappa shape index (κ3) is 5.98. The highest BCUT2D eigenvalue weighted by Gasteiger charge is 2.20. The number of amides is 1. The minimum Gasteiger partial charge on any atom is -0.493 e. The third-order valence-electron chi connectivity index (χ3n) is 3.89. The van der Waals surface area contributed by atoms with Gasteiger partial charge in [-0.2, -0.15) is 5.26 Å². The number of carbonyl (C=O) groups is 2. The Bertz CT molecular complexity index is 751. The first-order valence-electron chi connectivity index (χ1n) is 8.52. The van der Waals surface area contributed by atoms with Crippen molar-refractivity contribution in [1.29, 1.82) is 5.26 Å². The van der Waals surface area contributed by atoms with Crippen LogP contribution in [-0.4, -0.2) is 56.1 Å². The number of nitrogens with zero attached hydrogens (tertiary/aromatic N) is 2. The van der Waals surface area contributed by atoms with E-state index in [1.54, 1.807) is 23.1 Å². The minimum absolute atomic E-state index is 0.0193. The summed E-state index contributed by atoms with van der Waals surface area (Å²) in [6.07, 6.45) is 2.22. The molecule has 0 atom stereocenters. The normalized spacial score (nSPS) is 14.4. The highest BCUT2D eigenvalue weighted by Crippen LogP contribution is 2.29. The molecule has 2 rings (SSSR count). The fourth-order valence-electron chi connectivity index (χ4n) is 2.49. The van der Waals surface area contributed by atoms with Crippen LogP contribution in [-0.2, 0) is 14.3 Å². The quantitative estimate of drug-likeness (QED) is 0.233. The molecule has 1 heterocycles. The van der Waals surface area contributed by atoms with E-state index < -0.39 is 5.97 Å². The summed E-state index contributed by atoms with van der Waals surface area (Å²) in [5, 5.41) is 9.36. The number of ether oxygens (including phenoxy) is 3. The second-order valence-electron chi connectivity index (χ2n) is 5.75. The zero-order valence-electron chi connectivity index (χ0n) is 15.1. The molecule has 1 saturated heterocycles. The Morgan fingerprint density at radius 1 is 1.33 bits per heavy atom. The van der Waals surface area contributed by atoms with Crippen molar-refractivity contribution in [2.45, 2.75) is 12.8 Å². The van der Waals surface area contributed by atoms with Gasteiger partial charge < -0.3 is 19.1 Å². The summed E-state index contributed by atoms with van der Waals surface area (Å²) in [5.74, 6) is 0.240. The van der Waals surface area contributed by atoms with Crippen LogP contribution in [0.3, 0.4) is 0 Å². The van der Waals surface area contributed by atoms with E-state index >= 15 is 0 Å². The van der Waals surface area contributed by atoms with Crippen molar-refractivity contribution >= 4 is 29.6 Å². The molecule has 0 saturated carbocycles. The largest absolute Gasteiger partial charge is 0.493 e. The Morgan fingerprint density at radius 3 is 2.70 bits per heavy atom. The van der Waals surface area contributed by atoms with Crippen LogP contribution in [0, 0.1) is 11.3 Å². The first kappa shape index (κ1) is 20.7. The Hall–Kier alpha value is -2.56. The fourth-order valence-corrected chi connectivity index (χ4v) is 2.62. The summed E-state index contributed by atoms with van der Waals surface area (Å²) < 4.78 is 15.7. The number of halogens is 1. The molecule has 1 aliphatic rings. The number of esters is 1. The Balaban J connectivity index is 2.17. The number of morpholine rings is 1. The molecule has 0 unspecified atom stereocenters. The van der Waals surface area contributed by atoms with Gasteiger partial charge in [0.05, 0.1) is 20.3 Å². The SMILES string of the molecule is COc1cc(/C=C(\C#N)C(=O)N2CCOCC2)ccc1OC(=O)CCCCl. The van der Waals surface area contributed by atoms with Crippen molar-refractivity contribution in [3.63, 3.8) is 0 Å². The number of hydrogen-bond acceptors (Lipinski definition) is 6. The van der Waals surface area contributed by atoms with Crippen LogP contribution < -0.4 is 9.47 Å². The van der Waals surface area contributed by atoms with Crippen LogP contribution in [0.15, 0.2) is 23.8 Å². The van der Waals surface area contributed by atoms with E-state index in [0.29, 0.717) is 49.9 Å². The monoisotopic (exact) mass is 392 g/mol. The molecule has 1 aromatic rings. The van der Waals surface area contributed by atoms with Crippen molar-refractivity contribution in [2.24, 2.45) is 0 Å². The maximum atomic E-state index is 12.5. The number of alkyl halides is 1. The van der Waals surface area contributed by atoms with Crippen molar-refractivity contribution in [3.05, 3.63) is 29.3 Å². The van der Waals surface area contributed by atoms with Gasteiger partial charge in [0.15, 0.2) is 11.5 Å².